The molecule has 10 rings (SSSR count). The van der Waals surface area contributed by atoms with Crippen molar-refractivity contribution in [3.63, 3.8) is 0 Å². The summed E-state index contributed by atoms with van der Waals surface area (Å²) in [6.45, 7) is 6.76. The van der Waals surface area contributed by atoms with Gasteiger partial charge in [0.2, 0.25) is 11.8 Å². The third kappa shape index (κ3) is 15.4. The van der Waals surface area contributed by atoms with Crippen LogP contribution in [-0.4, -0.2) is 139 Å². The third-order valence-electron chi connectivity index (χ3n) is 11.6. The van der Waals surface area contributed by atoms with E-state index in [4.69, 9.17) is 54.3 Å². The number of aromatic amines is 1. The number of methoxy groups -OCH3 is 2. The number of anilines is 2. The number of amides is 2. The fraction of sp³-hybridized carbons (Fsp3) is 0.298. The maximum absolute atomic E-state index is 14.6. The number of fused-ring (bicyclic) bond motifs is 2. The molecule has 19 nitrogen and oxygen atoms in total. The van der Waals surface area contributed by atoms with Gasteiger partial charge in [-0.2, -0.15) is 10.2 Å². The van der Waals surface area contributed by atoms with Gasteiger partial charge in [0.15, 0.2) is 11.3 Å². The van der Waals surface area contributed by atoms with Crippen LogP contribution >= 0.6 is 57.5 Å². The summed E-state index contributed by atoms with van der Waals surface area (Å²) >= 11 is 20.6. The number of hydrogen-bond acceptors (Lipinski definition) is 17. The van der Waals surface area contributed by atoms with E-state index < -0.39 is 11.6 Å². The van der Waals surface area contributed by atoms with Crippen molar-refractivity contribution in [3.8, 4) is 32.9 Å². The summed E-state index contributed by atoms with van der Waals surface area (Å²) in [5.74, 6) is -0.168. The molecule has 0 unspecified atom stereocenters. The second kappa shape index (κ2) is 30.0. The summed E-state index contributed by atoms with van der Waals surface area (Å²) in [7, 11) is 2.98. The van der Waals surface area contributed by atoms with Crippen LogP contribution in [0.15, 0.2) is 84.1 Å². The van der Waals surface area contributed by atoms with Gasteiger partial charge in [-0.25, -0.2) is 33.4 Å². The average Bonchev–Trinajstić information content (AvgIpc) is 4.25. The molecule has 8 heterocycles. The first-order valence-electron chi connectivity index (χ1n) is 22.1. The molecular weight excluding hydrogens is 1130 g/mol. The number of nitrogens with zero attached hydrogens (tertiary/aromatic N) is 11. The Morgan fingerprint density at radius 3 is 1.80 bits per heavy atom. The van der Waals surface area contributed by atoms with Crippen molar-refractivity contribution in [2.45, 2.75) is 32.5 Å². The summed E-state index contributed by atoms with van der Waals surface area (Å²) in [5.41, 5.74) is 3.89. The molecule has 2 saturated heterocycles. The molecule has 2 amide bonds. The van der Waals surface area contributed by atoms with Crippen LogP contribution in [0.4, 0.5) is 20.2 Å². The number of H-pyrrole nitrogens is 1. The fourth-order valence-electron chi connectivity index (χ4n) is 8.20. The molecule has 2 aromatic carbocycles. The molecule has 0 aliphatic carbocycles. The van der Waals surface area contributed by atoms with Gasteiger partial charge in [0.1, 0.15) is 57.0 Å². The summed E-state index contributed by atoms with van der Waals surface area (Å²) in [4.78, 5) is 60.7. The predicted molar refractivity (Wildman–Crippen MR) is 275 cm³/mol. The first-order chi connectivity index (χ1) is 35.3. The minimum Gasteiger partial charge on any atom is -1.00 e. The van der Waals surface area contributed by atoms with Crippen molar-refractivity contribution in [2.75, 3.05) is 69.2 Å². The number of aromatic nitrogens is 8. The van der Waals surface area contributed by atoms with Gasteiger partial charge < -0.3 is 40.6 Å². The molecule has 75 heavy (non-hydrogen) atoms. The number of ether oxygens (including phenoxy) is 2. The summed E-state index contributed by atoms with van der Waals surface area (Å²) < 4.78 is 40.7. The van der Waals surface area contributed by atoms with Crippen LogP contribution in [0.1, 0.15) is 15.3 Å². The Kier molecular flexibility index (Phi) is 25.0. The molecule has 8 aromatic rings. The van der Waals surface area contributed by atoms with Crippen molar-refractivity contribution in [3.05, 3.63) is 106 Å². The van der Waals surface area contributed by atoms with Crippen molar-refractivity contribution in [2.24, 2.45) is 0 Å². The van der Waals surface area contributed by atoms with Gasteiger partial charge in [0, 0.05) is 110 Å². The number of benzene rings is 2. The topological polar surface area (TPSA) is 213 Å². The van der Waals surface area contributed by atoms with Crippen LogP contribution < -0.4 is 127 Å². The SMILES string of the molecule is COc1cc(N2CCN(C(=O)CCl)[C@@H](C)C2)c(F)cc1Cl.COc1cc(N2CCN(C(=O)Cn3nc(-c4nccs4)c4cccnc43)[C@@H](C)C2)c(F)cc1Cl.O=CO[O-].[H-].[K+].[K+].c1cnc2n[nH]c(-c3nccs3)c2c1. The Bertz CT molecular complexity index is 3160. The first kappa shape index (κ1) is 62.4. The van der Waals surface area contributed by atoms with E-state index in [0.29, 0.717) is 67.8 Å². The second-order valence-corrected chi connectivity index (χ2v) is 18.9. The Morgan fingerprint density at radius 2 is 1.31 bits per heavy atom. The van der Waals surface area contributed by atoms with Crippen molar-refractivity contribution >= 4 is 109 Å². The van der Waals surface area contributed by atoms with E-state index >= 15 is 0 Å². The molecule has 6 aromatic heterocycles. The number of halogens is 5. The second-order valence-electron chi connectivity index (χ2n) is 16.0. The zero-order chi connectivity index (χ0) is 52.2. The summed E-state index contributed by atoms with van der Waals surface area (Å²) in [6, 6.07) is 13.2. The monoisotopic (exact) mass is 1180 g/mol. The molecule has 28 heteroatoms. The number of rotatable bonds is 10. The molecule has 2 aliphatic rings. The van der Waals surface area contributed by atoms with Crippen molar-refractivity contribution in [1.82, 2.24) is 49.7 Å². The van der Waals surface area contributed by atoms with Gasteiger partial charge in [0.25, 0.3) is 6.47 Å². The van der Waals surface area contributed by atoms with Crippen LogP contribution in [0.3, 0.4) is 0 Å². The number of hydrogen-bond donors (Lipinski definition) is 1. The van der Waals surface area contributed by atoms with Crippen molar-refractivity contribution < 1.29 is 147 Å². The minimum absolute atomic E-state index is 0. The van der Waals surface area contributed by atoms with E-state index in [9.17, 15) is 18.4 Å². The molecule has 2 atom stereocenters. The van der Waals surface area contributed by atoms with Gasteiger partial charge in [0.05, 0.1) is 35.6 Å². The van der Waals surface area contributed by atoms with E-state index in [1.165, 1.54) is 37.7 Å². The maximum Gasteiger partial charge on any atom is 1.00 e. The Labute approximate surface area is 539 Å². The molecule has 0 spiro atoms. The number of carbonyl (C=O) groups excluding carboxylic acids is 3. The number of alkyl halides is 1. The Balaban J connectivity index is 0.000000254. The van der Waals surface area contributed by atoms with Crippen LogP contribution in [0, 0.1) is 11.6 Å². The van der Waals surface area contributed by atoms with Gasteiger partial charge in [-0.15, -0.1) is 34.3 Å². The van der Waals surface area contributed by atoms with E-state index in [2.05, 4.69) is 40.1 Å². The van der Waals surface area contributed by atoms with E-state index in [-0.39, 0.29) is 157 Å². The zero-order valence-electron chi connectivity index (χ0n) is 42.5. The van der Waals surface area contributed by atoms with E-state index in [1.807, 2.05) is 58.7 Å². The Hall–Kier alpha value is -3.49. The molecular formula is C47H47Cl3F2K2N12O7S2. The van der Waals surface area contributed by atoms with E-state index in [0.717, 1.165) is 37.8 Å². The van der Waals surface area contributed by atoms with Gasteiger partial charge in [-0.3, -0.25) is 19.5 Å². The molecule has 1 N–H and O–H groups in total. The molecule has 0 bridgehead atoms. The first-order valence-corrected chi connectivity index (χ1v) is 25.2. The standard InChI is InChI=1S/C23H22ClFN6O2S.C14H17Cl2FN2O2.C9H6N4S.CH2O3.2K.H/c1-14-12-29(18-11-19(33-2)16(24)10-17(18)25)7-8-30(14)20(32)13-31-22-15(4-3-5-26-22)21(28-31)23-27-6-9-34-23;1-9-8-18(3-4-19(9)14(20)7-15)12-6-13(21-2)10(16)5-11(12)17;1-2-6-7(9-11-4-5-14-9)12-13-8(6)10-3-1;2-1-4-3;;;/h3-6,9-11,14H,7-8,12-13H2,1-2H3;5-6,9H,3-4,7-8H2,1-2H3;1-5H,(H,10,12,13);1,3H;;;/q;;;;2*+1;-1/p-1/t14-;9-;;;;;/m00...../s1. The third-order valence-corrected chi connectivity index (χ3v) is 14.0. The summed E-state index contributed by atoms with van der Waals surface area (Å²) in [5, 5.41) is 28.0. The largest absolute Gasteiger partial charge is 1.00 e. The zero-order valence-corrected chi connectivity index (χ0v) is 51.6. The molecule has 0 saturated carbocycles. The fourth-order valence-corrected chi connectivity index (χ4v) is 10.1. The molecule has 2 fully saturated rings. The van der Waals surface area contributed by atoms with Crippen LogP contribution in [-0.2, 0) is 25.8 Å². The smallest absolute Gasteiger partial charge is 1.00 e. The van der Waals surface area contributed by atoms with Gasteiger partial charge in [-0.1, -0.05) is 23.2 Å². The van der Waals surface area contributed by atoms with Crippen molar-refractivity contribution in [1.29, 1.82) is 0 Å². The minimum atomic E-state index is -0.415. The van der Waals surface area contributed by atoms with Crippen LogP contribution in [0.2, 0.25) is 10.0 Å². The number of nitrogens with one attached hydrogen (secondary N) is 1. The number of pyridine rings is 2. The summed E-state index contributed by atoms with van der Waals surface area (Å²) in [6.07, 6.45) is 6.93. The van der Waals surface area contributed by atoms with Crippen LogP contribution in [0.25, 0.3) is 43.5 Å². The molecule has 386 valence electrons. The maximum atomic E-state index is 14.6. The predicted octanol–water partition coefficient (Wildman–Crippen LogP) is 1.49. The molecule has 2 aliphatic heterocycles. The van der Waals surface area contributed by atoms with Crippen LogP contribution in [0.5, 0.6) is 11.5 Å². The van der Waals surface area contributed by atoms with E-state index in [1.54, 1.807) is 62.7 Å². The normalized spacial score (nSPS) is 15.0. The van der Waals surface area contributed by atoms with Gasteiger partial charge in [-0.05, 0) is 50.2 Å². The quantitative estimate of drug-likeness (QED) is 0.0676. The van der Waals surface area contributed by atoms with Gasteiger partial charge >= 0.3 is 103 Å². The average molecular weight is 1180 g/mol. The molecule has 0 radical (unpaired) electrons. The number of piperazine rings is 2. The Morgan fingerprint density at radius 1 is 0.787 bits per heavy atom. The number of carbonyl (C=O) groups is 3. The number of thiazole rings is 2.